The maximum Gasteiger partial charge on any atom is 0.255 e. The van der Waals surface area contributed by atoms with Gasteiger partial charge in [0.25, 0.3) is 5.91 Å². The summed E-state index contributed by atoms with van der Waals surface area (Å²) in [5.74, 6) is 0.335. The number of fused-ring (bicyclic) bond motifs is 2. The largest absolute Gasteiger partial charge is 0.347 e. The van der Waals surface area contributed by atoms with Crippen molar-refractivity contribution in [2.45, 2.75) is 42.8 Å². The van der Waals surface area contributed by atoms with Crippen LogP contribution in [0.3, 0.4) is 0 Å². The van der Waals surface area contributed by atoms with Gasteiger partial charge in [-0.1, -0.05) is 35.3 Å². The summed E-state index contributed by atoms with van der Waals surface area (Å²) in [4.78, 5) is 26.1. The van der Waals surface area contributed by atoms with Crippen molar-refractivity contribution >= 4 is 46.9 Å². The Labute approximate surface area is 260 Å². The van der Waals surface area contributed by atoms with Crippen LogP contribution in [-0.4, -0.2) is 82.9 Å². The average molecular weight is 630 g/mol. The third-order valence-corrected chi connectivity index (χ3v) is 10.1. The first kappa shape index (κ1) is 29.7. The zero-order valence-corrected chi connectivity index (χ0v) is 25.7. The second kappa shape index (κ2) is 13.1. The van der Waals surface area contributed by atoms with Crippen LogP contribution in [0.25, 0.3) is 0 Å². The summed E-state index contributed by atoms with van der Waals surface area (Å²) < 4.78 is 16.0. The predicted octanol–water partition coefficient (Wildman–Crippen LogP) is 5.35. The molecule has 2 aromatic carbocycles. The molecule has 42 heavy (non-hydrogen) atoms. The van der Waals surface area contributed by atoms with Crippen LogP contribution >= 0.6 is 35.1 Å². The third-order valence-electron chi connectivity index (χ3n) is 8.44. The fourth-order valence-electron chi connectivity index (χ4n) is 6.24. The molecule has 3 aliphatic rings. The molecule has 2 unspecified atom stereocenters. The number of carbonyl (C=O) groups excluding carboxylic acids is 1. The van der Waals surface area contributed by atoms with Gasteiger partial charge in [-0.3, -0.25) is 4.79 Å². The number of piperazine rings is 2. The Balaban J connectivity index is 1.08. The molecule has 3 fully saturated rings. The summed E-state index contributed by atoms with van der Waals surface area (Å²) >= 11 is 14.0. The number of aromatic nitrogens is 1. The van der Waals surface area contributed by atoms with Gasteiger partial charge in [0.2, 0.25) is 0 Å². The smallest absolute Gasteiger partial charge is 0.255 e. The Morgan fingerprint density at radius 2 is 1.69 bits per heavy atom. The molecule has 6 rings (SSSR count). The van der Waals surface area contributed by atoms with Crippen LogP contribution in [-0.2, 0) is 13.0 Å². The van der Waals surface area contributed by atoms with Crippen LogP contribution in [0.5, 0.6) is 0 Å². The van der Waals surface area contributed by atoms with Gasteiger partial charge >= 0.3 is 0 Å². The van der Waals surface area contributed by atoms with Gasteiger partial charge in [0.05, 0.1) is 16.3 Å². The topological polar surface area (TPSA) is 68.9 Å². The first-order valence-corrected chi connectivity index (χ1v) is 16.0. The van der Waals surface area contributed by atoms with E-state index in [0.717, 1.165) is 73.4 Å². The number of hydrogen-bond acceptors (Lipinski definition) is 7. The van der Waals surface area contributed by atoms with Gasteiger partial charge in [-0.15, -0.1) is 0 Å². The summed E-state index contributed by atoms with van der Waals surface area (Å²) in [7, 11) is 0. The molecular formula is C31H35Cl2FN6OS. The minimum atomic E-state index is -0.447. The molecule has 1 amide bonds. The highest BCUT2D eigenvalue weighted by Gasteiger charge is 2.42. The molecule has 0 saturated carbocycles. The third kappa shape index (κ3) is 6.72. The van der Waals surface area contributed by atoms with Crippen LogP contribution in [0.2, 0.25) is 10.0 Å². The van der Waals surface area contributed by atoms with Crippen molar-refractivity contribution in [2.24, 2.45) is 5.73 Å². The number of benzene rings is 2. The number of halogens is 3. The lowest BCUT2D eigenvalue weighted by Crippen LogP contribution is -2.55. The molecular weight excluding hydrogens is 594 g/mol. The van der Waals surface area contributed by atoms with Crippen molar-refractivity contribution in [3.8, 4) is 0 Å². The molecule has 2 N–H and O–H groups in total. The Kier molecular flexibility index (Phi) is 9.24. The van der Waals surface area contributed by atoms with Crippen LogP contribution in [0.1, 0.15) is 34.5 Å². The minimum absolute atomic E-state index is 0.149. The van der Waals surface area contributed by atoms with E-state index in [1.165, 1.54) is 23.8 Å². The average Bonchev–Trinajstić information content (AvgIpc) is 3.26. The Morgan fingerprint density at radius 3 is 2.36 bits per heavy atom. The minimum Gasteiger partial charge on any atom is -0.347 e. The molecule has 3 saturated heterocycles. The molecule has 0 aliphatic carbocycles. The van der Waals surface area contributed by atoms with E-state index in [-0.39, 0.29) is 23.0 Å². The monoisotopic (exact) mass is 628 g/mol. The molecule has 2 atom stereocenters. The standard InChI is InChI=1S/C31H35Cl2FN6OS/c32-22-3-1-21(2-4-22)9-10-37-11-13-39(14-12-37)42-27-16-24(18-35)36-30(17-27)40-25-6-7-26(40)20-38(19-25)31(41)28-8-5-23(34)15-29(28)33/h1-5,8,15-17,25-26H,6-7,9-14,18-20,35H2. The van der Waals surface area contributed by atoms with Crippen molar-refractivity contribution in [3.63, 3.8) is 0 Å². The zero-order chi connectivity index (χ0) is 29.2. The summed E-state index contributed by atoms with van der Waals surface area (Å²) in [6, 6.07) is 16.7. The van der Waals surface area contributed by atoms with Crippen molar-refractivity contribution in [1.29, 1.82) is 0 Å². The number of nitrogens with two attached hydrogens (primary N) is 1. The molecule has 3 aromatic rings. The summed E-state index contributed by atoms with van der Waals surface area (Å²) in [6.45, 7) is 6.60. The number of likely N-dealkylation sites (tertiary alicyclic amines) is 1. The molecule has 0 spiro atoms. The number of amides is 1. The molecule has 2 bridgehead atoms. The lowest BCUT2D eigenvalue weighted by molar-refractivity contribution is 0.0717. The van der Waals surface area contributed by atoms with Crippen molar-refractivity contribution in [3.05, 3.63) is 87.3 Å². The van der Waals surface area contributed by atoms with E-state index in [2.05, 4.69) is 38.4 Å². The lowest BCUT2D eigenvalue weighted by Gasteiger charge is -2.42. The van der Waals surface area contributed by atoms with Gasteiger partial charge in [0, 0.05) is 74.4 Å². The first-order valence-electron chi connectivity index (χ1n) is 14.5. The molecule has 1 aromatic heterocycles. The highest BCUT2D eigenvalue weighted by Crippen LogP contribution is 2.37. The molecule has 7 nitrogen and oxygen atoms in total. The van der Waals surface area contributed by atoms with Gasteiger partial charge in [-0.25, -0.2) is 13.7 Å². The fraction of sp³-hybridized carbons (Fsp3) is 0.419. The van der Waals surface area contributed by atoms with Crippen LogP contribution < -0.4 is 10.6 Å². The van der Waals surface area contributed by atoms with Gasteiger partial charge in [-0.2, -0.15) is 0 Å². The second-order valence-corrected chi connectivity index (χ2v) is 13.2. The molecule has 11 heteroatoms. The maximum absolute atomic E-state index is 13.5. The molecule has 0 radical (unpaired) electrons. The van der Waals surface area contributed by atoms with Crippen LogP contribution in [0.4, 0.5) is 10.2 Å². The quantitative estimate of drug-likeness (QED) is 0.337. The highest BCUT2D eigenvalue weighted by molar-refractivity contribution is 7.97. The zero-order valence-electron chi connectivity index (χ0n) is 23.4. The van der Waals surface area contributed by atoms with Crippen molar-refractivity contribution < 1.29 is 9.18 Å². The van der Waals surface area contributed by atoms with Gasteiger partial charge in [-0.05, 0) is 79.2 Å². The van der Waals surface area contributed by atoms with Gasteiger partial charge in [0.1, 0.15) is 11.6 Å². The van der Waals surface area contributed by atoms with E-state index in [0.29, 0.717) is 25.2 Å². The normalized spacial score (nSPS) is 21.2. The van der Waals surface area contributed by atoms with Gasteiger partial charge < -0.3 is 20.4 Å². The second-order valence-electron chi connectivity index (χ2n) is 11.2. The fourth-order valence-corrected chi connectivity index (χ4v) is 7.61. The Hall–Kier alpha value is -2.40. The van der Waals surface area contributed by atoms with E-state index in [4.69, 9.17) is 33.9 Å². The number of carbonyl (C=O) groups is 1. The predicted molar refractivity (Wildman–Crippen MR) is 168 cm³/mol. The summed E-state index contributed by atoms with van der Waals surface area (Å²) in [5, 5.41) is 0.926. The SMILES string of the molecule is NCc1cc(SN2CCN(CCc3ccc(Cl)cc3)CC2)cc(N2C3CCC2CN(C(=O)c2ccc(F)cc2Cl)C3)n1. The van der Waals surface area contributed by atoms with Crippen molar-refractivity contribution in [1.82, 2.24) is 19.1 Å². The number of pyridine rings is 1. The number of hydrogen-bond donors (Lipinski definition) is 1. The first-order chi connectivity index (χ1) is 20.4. The number of anilines is 1. The number of nitrogens with zero attached hydrogens (tertiary/aromatic N) is 5. The highest BCUT2D eigenvalue weighted by atomic mass is 35.5. The van der Waals surface area contributed by atoms with E-state index in [1.54, 1.807) is 11.9 Å². The molecule has 3 aliphatic heterocycles. The summed E-state index contributed by atoms with van der Waals surface area (Å²) in [6.07, 6.45) is 3.00. The van der Waals surface area contributed by atoms with E-state index >= 15 is 0 Å². The van der Waals surface area contributed by atoms with E-state index in [1.807, 2.05) is 17.0 Å². The number of rotatable bonds is 8. The van der Waals surface area contributed by atoms with Crippen LogP contribution in [0.15, 0.2) is 59.5 Å². The lowest BCUT2D eigenvalue weighted by atomic mass is 10.1. The van der Waals surface area contributed by atoms with Crippen molar-refractivity contribution in [2.75, 3.05) is 50.7 Å². The summed E-state index contributed by atoms with van der Waals surface area (Å²) in [5.41, 5.74) is 8.61. The molecule has 222 valence electrons. The van der Waals surface area contributed by atoms with Crippen LogP contribution in [0, 0.1) is 5.82 Å². The van der Waals surface area contributed by atoms with E-state index < -0.39 is 5.82 Å². The maximum atomic E-state index is 13.5. The van der Waals surface area contributed by atoms with E-state index in [9.17, 15) is 9.18 Å². The Bertz CT molecular complexity index is 1410. The molecule has 4 heterocycles. The van der Waals surface area contributed by atoms with Gasteiger partial charge in [0.15, 0.2) is 0 Å². The Morgan fingerprint density at radius 1 is 0.976 bits per heavy atom.